The molecule has 0 spiro atoms. The van der Waals surface area contributed by atoms with E-state index in [1.165, 1.54) is 18.5 Å². The number of carbonyl (C=O) groups is 1. The summed E-state index contributed by atoms with van der Waals surface area (Å²) in [6, 6.07) is 6.14. The predicted molar refractivity (Wildman–Crippen MR) is 62.7 cm³/mol. The van der Waals surface area contributed by atoms with Crippen LogP contribution in [0.25, 0.3) is 11.4 Å². The molecule has 1 aromatic carbocycles. The monoisotopic (exact) mass is 285 g/mol. The van der Waals surface area contributed by atoms with E-state index in [-0.39, 0.29) is 5.56 Å². The number of aromatic nitrogens is 2. The van der Waals surface area contributed by atoms with E-state index in [1.807, 2.05) is 0 Å². The fourth-order valence-electron chi connectivity index (χ4n) is 1.49. The Hall–Kier alpha value is -2.38. The van der Waals surface area contributed by atoms with Crippen molar-refractivity contribution in [2.75, 3.05) is 6.54 Å². The fraction of sp³-hybridized carbons (Fsp3) is 0.250. The SMILES string of the molecule is O=C(NCCC(F)(F)F)c1ccc(-c2ncon2)cc1. The number of amides is 1. The van der Waals surface area contributed by atoms with Crippen molar-refractivity contribution < 1.29 is 22.5 Å². The molecule has 0 fully saturated rings. The van der Waals surface area contributed by atoms with Gasteiger partial charge in [0.05, 0.1) is 6.42 Å². The number of carbonyl (C=O) groups excluding carboxylic acids is 1. The summed E-state index contributed by atoms with van der Waals surface area (Å²) in [5, 5.41) is 5.83. The second-order valence-corrected chi connectivity index (χ2v) is 3.95. The first-order valence-corrected chi connectivity index (χ1v) is 5.67. The highest BCUT2D eigenvalue weighted by Crippen LogP contribution is 2.18. The Labute approximate surface area is 111 Å². The largest absolute Gasteiger partial charge is 0.390 e. The van der Waals surface area contributed by atoms with E-state index >= 15 is 0 Å². The van der Waals surface area contributed by atoms with Crippen molar-refractivity contribution in [3.63, 3.8) is 0 Å². The molecule has 1 heterocycles. The van der Waals surface area contributed by atoms with Crippen LogP contribution in [-0.4, -0.2) is 28.8 Å². The summed E-state index contributed by atoms with van der Waals surface area (Å²) in [7, 11) is 0. The zero-order valence-corrected chi connectivity index (χ0v) is 10.1. The van der Waals surface area contributed by atoms with Crippen molar-refractivity contribution in [1.29, 1.82) is 0 Å². The first kappa shape index (κ1) is 14.0. The molecule has 0 saturated heterocycles. The van der Waals surface area contributed by atoms with Crippen LogP contribution in [0.3, 0.4) is 0 Å². The Morgan fingerprint density at radius 2 is 1.95 bits per heavy atom. The summed E-state index contributed by atoms with van der Waals surface area (Å²) in [6.07, 6.45) is -4.16. The maximum atomic E-state index is 11.9. The topological polar surface area (TPSA) is 68.0 Å². The fourth-order valence-corrected chi connectivity index (χ4v) is 1.49. The van der Waals surface area contributed by atoms with Crippen LogP contribution in [0.1, 0.15) is 16.8 Å². The van der Waals surface area contributed by atoms with Crippen LogP contribution in [0, 0.1) is 0 Å². The van der Waals surface area contributed by atoms with Crippen LogP contribution in [0.4, 0.5) is 13.2 Å². The minimum atomic E-state index is -4.28. The van der Waals surface area contributed by atoms with E-state index < -0.39 is 25.0 Å². The number of nitrogens with zero attached hydrogens (tertiary/aromatic N) is 2. The van der Waals surface area contributed by atoms with Gasteiger partial charge in [-0.15, -0.1) is 0 Å². The quantitative estimate of drug-likeness (QED) is 0.936. The molecule has 5 nitrogen and oxygen atoms in total. The first-order chi connectivity index (χ1) is 9.46. The molecule has 0 aliphatic carbocycles. The molecule has 2 aromatic rings. The van der Waals surface area contributed by atoms with Crippen molar-refractivity contribution in [3.05, 3.63) is 36.2 Å². The average molecular weight is 285 g/mol. The summed E-state index contributed by atoms with van der Waals surface area (Å²) in [5.74, 6) is -0.192. The minimum Gasteiger partial charge on any atom is -0.352 e. The summed E-state index contributed by atoms with van der Waals surface area (Å²) in [4.78, 5) is 15.4. The van der Waals surface area contributed by atoms with E-state index in [1.54, 1.807) is 12.1 Å². The van der Waals surface area contributed by atoms with Gasteiger partial charge in [0.1, 0.15) is 0 Å². The Kier molecular flexibility index (Phi) is 4.02. The van der Waals surface area contributed by atoms with Gasteiger partial charge in [-0.1, -0.05) is 17.3 Å². The Morgan fingerprint density at radius 3 is 2.50 bits per heavy atom. The number of hydrogen-bond donors (Lipinski definition) is 1. The zero-order valence-electron chi connectivity index (χ0n) is 10.1. The van der Waals surface area contributed by atoms with Crippen molar-refractivity contribution in [1.82, 2.24) is 15.5 Å². The second kappa shape index (κ2) is 5.72. The molecule has 8 heteroatoms. The van der Waals surface area contributed by atoms with Crippen molar-refractivity contribution >= 4 is 5.91 Å². The van der Waals surface area contributed by atoms with E-state index in [0.29, 0.717) is 11.4 Å². The molecule has 106 valence electrons. The smallest absolute Gasteiger partial charge is 0.352 e. The van der Waals surface area contributed by atoms with Gasteiger partial charge in [0.15, 0.2) is 0 Å². The van der Waals surface area contributed by atoms with Gasteiger partial charge in [0, 0.05) is 17.7 Å². The molecule has 0 aliphatic rings. The zero-order chi connectivity index (χ0) is 14.6. The number of rotatable bonds is 4. The molecule has 0 atom stereocenters. The minimum absolute atomic E-state index is 0.263. The molecule has 0 aliphatic heterocycles. The number of halogens is 3. The highest BCUT2D eigenvalue weighted by molar-refractivity contribution is 5.94. The summed E-state index contributed by atoms with van der Waals surface area (Å²) in [5.41, 5.74) is 0.907. The first-order valence-electron chi connectivity index (χ1n) is 5.67. The molecule has 0 bridgehead atoms. The third kappa shape index (κ3) is 3.81. The molecule has 20 heavy (non-hydrogen) atoms. The van der Waals surface area contributed by atoms with Crippen molar-refractivity contribution in [3.8, 4) is 11.4 Å². The molecule has 1 N–H and O–H groups in total. The number of benzene rings is 1. The molecule has 0 unspecified atom stereocenters. The van der Waals surface area contributed by atoms with Gasteiger partial charge >= 0.3 is 6.18 Å². The van der Waals surface area contributed by atoms with Crippen LogP contribution in [0.15, 0.2) is 35.2 Å². The molecular weight excluding hydrogens is 275 g/mol. The highest BCUT2D eigenvalue weighted by Gasteiger charge is 2.26. The highest BCUT2D eigenvalue weighted by atomic mass is 19.4. The van der Waals surface area contributed by atoms with Crippen LogP contribution < -0.4 is 5.32 Å². The van der Waals surface area contributed by atoms with E-state index in [0.717, 1.165) is 0 Å². The number of alkyl halides is 3. The maximum Gasteiger partial charge on any atom is 0.390 e. The van der Waals surface area contributed by atoms with Crippen LogP contribution in [-0.2, 0) is 0 Å². The van der Waals surface area contributed by atoms with Gasteiger partial charge in [-0.2, -0.15) is 18.2 Å². The summed E-state index contributed by atoms with van der Waals surface area (Å²) >= 11 is 0. The van der Waals surface area contributed by atoms with Gasteiger partial charge in [0.25, 0.3) is 5.91 Å². The van der Waals surface area contributed by atoms with E-state index in [9.17, 15) is 18.0 Å². The lowest BCUT2D eigenvalue weighted by Gasteiger charge is -2.08. The lowest BCUT2D eigenvalue weighted by Crippen LogP contribution is -2.27. The lowest BCUT2D eigenvalue weighted by molar-refractivity contribution is -0.132. The van der Waals surface area contributed by atoms with Crippen molar-refractivity contribution in [2.24, 2.45) is 0 Å². The molecule has 1 amide bonds. The lowest BCUT2D eigenvalue weighted by atomic mass is 10.1. The predicted octanol–water partition coefficient (Wildman–Crippen LogP) is 2.42. The number of hydrogen-bond acceptors (Lipinski definition) is 4. The standard InChI is InChI=1S/C12H10F3N3O2/c13-12(14,15)5-6-16-11(19)9-3-1-8(2-4-9)10-17-7-20-18-10/h1-4,7H,5-6H2,(H,16,19). The molecule has 0 radical (unpaired) electrons. The third-order valence-electron chi connectivity index (χ3n) is 2.46. The van der Waals surface area contributed by atoms with Crippen LogP contribution >= 0.6 is 0 Å². The average Bonchev–Trinajstić information content (AvgIpc) is 2.91. The molecular formula is C12H10F3N3O2. The molecule has 0 saturated carbocycles. The van der Waals surface area contributed by atoms with Gasteiger partial charge in [0.2, 0.25) is 12.2 Å². The van der Waals surface area contributed by atoms with Gasteiger partial charge in [-0.25, -0.2) is 0 Å². The van der Waals surface area contributed by atoms with Crippen LogP contribution in [0.2, 0.25) is 0 Å². The maximum absolute atomic E-state index is 11.9. The van der Waals surface area contributed by atoms with Gasteiger partial charge in [-0.05, 0) is 12.1 Å². The van der Waals surface area contributed by atoms with E-state index in [4.69, 9.17) is 0 Å². The van der Waals surface area contributed by atoms with Crippen molar-refractivity contribution in [2.45, 2.75) is 12.6 Å². The summed E-state index contributed by atoms with van der Waals surface area (Å²) in [6.45, 7) is -0.449. The normalized spacial score (nSPS) is 11.3. The Balaban J connectivity index is 1.94. The number of nitrogens with one attached hydrogen (secondary N) is 1. The third-order valence-corrected chi connectivity index (χ3v) is 2.46. The van der Waals surface area contributed by atoms with E-state index in [2.05, 4.69) is 20.0 Å². The molecule has 1 aromatic heterocycles. The Bertz CT molecular complexity index is 565. The van der Waals surface area contributed by atoms with Gasteiger partial charge < -0.3 is 9.84 Å². The molecule has 2 rings (SSSR count). The van der Waals surface area contributed by atoms with Gasteiger partial charge in [-0.3, -0.25) is 4.79 Å². The second-order valence-electron chi connectivity index (χ2n) is 3.95. The Morgan fingerprint density at radius 1 is 1.25 bits per heavy atom. The summed E-state index contributed by atoms with van der Waals surface area (Å²) < 4.78 is 40.4. The van der Waals surface area contributed by atoms with Crippen LogP contribution in [0.5, 0.6) is 0 Å².